The molecule has 0 fully saturated rings. The summed E-state index contributed by atoms with van der Waals surface area (Å²) >= 11 is 12.6. The maximum atomic E-state index is 14.1. The van der Waals surface area contributed by atoms with Crippen LogP contribution in [0.3, 0.4) is 0 Å². The van der Waals surface area contributed by atoms with Crippen LogP contribution in [0.4, 0.5) is 11.4 Å². The number of nitro benzene ring substituents is 1. The molecule has 0 aliphatic carbocycles. The molecule has 1 N–H and O–H groups in total. The molecule has 0 heterocycles. The molecule has 0 radical (unpaired) electrons. The first-order valence-corrected chi connectivity index (χ1v) is 14.9. The summed E-state index contributed by atoms with van der Waals surface area (Å²) in [7, 11) is -1.88. The zero-order valence-corrected chi connectivity index (χ0v) is 25.7. The Labute approximate surface area is 254 Å². The molecule has 14 heteroatoms. The first kappa shape index (κ1) is 32.6. The Morgan fingerprint density at radius 3 is 2.38 bits per heavy atom. The molecule has 3 rings (SSSR count). The van der Waals surface area contributed by atoms with Gasteiger partial charge in [0.2, 0.25) is 11.8 Å². The van der Waals surface area contributed by atoms with E-state index in [2.05, 4.69) is 5.32 Å². The zero-order valence-electron chi connectivity index (χ0n) is 23.3. The molecule has 0 spiro atoms. The Bertz CT molecular complexity index is 1600. The van der Waals surface area contributed by atoms with E-state index in [-0.39, 0.29) is 35.0 Å². The second kappa shape index (κ2) is 13.9. The van der Waals surface area contributed by atoms with Crippen LogP contribution < -0.4 is 14.4 Å². The number of amides is 2. The van der Waals surface area contributed by atoms with Gasteiger partial charge in [-0.25, -0.2) is 8.42 Å². The highest BCUT2D eigenvalue weighted by molar-refractivity contribution is 7.92. The van der Waals surface area contributed by atoms with E-state index in [0.717, 1.165) is 10.4 Å². The summed E-state index contributed by atoms with van der Waals surface area (Å²) in [5, 5.41) is 14.7. The number of hydrogen-bond donors (Lipinski definition) is 1. The number of halogens is 2. The van der Waals surface area contributed by atoms with Gasteiger partial charge >= 0.3 is 0 Å². The molecular formula is C28H30Cl2N4O7S. The van der Waals surface area contributed by atoms with E-state index >= 15 is 0 Å². The van der Waals surface area contributed by atoms with Crippen LogP contribution in [0.2, 0.25) is 10.0 Å². The molecule has 0 saturated carbocycles. The van der Waals surface area contributed by atoms with Gasteiger partial charge in [0, 0.05) is 35.3 Å². The third-order valence-corrected chi connectivity index (χ3v) is 8.94. The van der Waals surface area contributed by atoms with Crippen molar-refractivity contribution in [2.75, 3.05) is 25.0 Å². The highest BCUT2D eigenvalue weighted by Crippen LogP contribution is 2.36. The molecule has 1 atom stereocenters. The van der Waals surface area contributed by atoms with E-state index in [1.807, 2.05) is 0 Å². The zero-order chi connectivity index (χ0) is 31.2. The van der Waals surface area contributed by atoms with E-state index in [1.165, 1.54) is 56.3 Å². The highest BCUT2D eigenvalue weighted by atomic mass is 35.5. The number of rotatable bonds is 12. The lowest BCUT2D eigenvalue weighted by Gasteiger charge is -2.33. The van der Waals surface area contributed by atoms with Crippen LogP contribution in [0.1, 0.15) is 24.5 Å². The third-order valence-electron chi connectivity index (χ3n) is 6.58. The van der Waals surface area contributed by atoms with Crippen molar-refractivity contribution in [1.29, 1.82) is 0 Å². The van der Waals surface area contributed by atoms with Gasteiger partial charge in [-0.3, -0.25) is 24.0 Å². The Morgan fingerprint density at radius 1 is 1.10 bits per heavy atom. The van der Waals surface area contributed by atoms with Crippen LogP contribution in [-0.4, -0.2) is 56.8 Å². The number of benzene rings is 3. The second-order valence-electron chi connectivity index (χ2n) is 9.18. The largest absolute Gasteiger partial charge is 0.495 e. The number of aryl methyl sites for hydroxylation is 1. The van der Waals surface area contributed by atoms with Crippen molar-refractivity contribution in [3.05, 3.63) is 92.0 Å². The number of carbonyl (C=O) groups is 2. The third kappa shape index (κ3) is 7.12. The summed E-state index contributed by atoms with van der Waals surface area (Å²) in [5.41, 5.74) is 0.307. The summed E-state index contributed by atoms with van der Waals surface area (Å²) < 4.78 is 34.4. The van der Waals surface area contributed by atoms with Crippen molar-refractivity contribution in [1.82, 2.24) is 10.2 Å². The van der Waals surface area contributed by atoms with E-state index < -0.39 is 49.9 Å². The summed E-state index contributed by atoms with van der Waals surface area (Å²) in [4.78, 5) is 38.7. The predicted molar refractivity (Wildman–Crippen MR) is 161 cm³/mol. The number of carbonyl (C=O) groups excluding carboxylic acids is 2. The lowest BCUT2D eigenvalue weighted by Crippen LogP contribution is -2.51. The molecule has 3 aromatic rings. The molecule has 1 unspecified atom stereocenters. The van der Waals surface area contributed by atoms with Gasteiger partial charge in [0.1, 0.15) is 18.3 Å². The van der Waals surface area contributed by atoms with Gasteiger partial charge in [-0.2, -0.15) is 0 Å². The number of likely N-dealkylation sites (N-methyl/N-ethyl adjacent to an activating group) is 1. The minimum atomic E-state index is -4.63. The van der Waals surface area contributed by atoms with Gasteiger partial charge in [-0.1, -0.05) is 54.4 Å². The molecule has 2 amide bonds. The summed E-state index contributed by atoms with van der Waals surface area (Å²) in [5.74, 6) is -1.12. The standard InChI is InChI=1S/C28H30Cl2N4O7S/c1-5-23(28(36)31-3)32(16-19-8-6-7-9-22(19)30)27(35)17-33(25-14-20(29)11-13-26(25)41-4)42(39,40)21-12-10-18(2)24(15-21)34(37)38/h6-15,23H,5,16-17H2,1-4H3,(H,31,36). The van der Waals surface area contributed by atoms with Gasteiger partial charge < -0.3 is 15.0 Å². The molecule has 0 aliphatic rings. The SMILES string of the molecule is CCC(C(=O)NC)N(Cc1ccccc1Cl)C(=O)CN(c1cc(Cl)ccc1OC)S(=O)(=O)c1ccc(C)c([N+](=O)[O-])c1. The Balaban J connectivity index is 2.20. The second-order valence-corrected chi connectivity index (χ2v) is 11.9. The summed E-state index contributed by atoms with van der Waals surface area (Å²) in [6.07, 6.45) is 0.216. The average molecular weight is 638 g/mol. The normalized spacial score (nSPS) is 11.9. The molecule has 3 aromatic carbocycles. The maximum absolute atomic E-state index is 14.1. The van der Waals surface area contributed by atoms with Gasteiger partial charge in [0.05, 0.1) is 22.6 Å². The van der Waals surface area contributed by atoms with Gasteiger partial charge in [0.25, 0.3) is 15.7 Å². The fourth-order valence-corrected chi connectivity index (χ4v) is 6.14. The number of nitro groups is 1. The van der Waals surface area contributed by atoms with E-state index in [1.54, 1.807) is 31.2 Å². The average Bonchev–Trinajstić information content (AvgIpc) is 2.96. The highest BCUT2D eigenvalue weighted by Gasteiger charge is 2.35. The molecule has 224 valence electrons. The molecule has 0 saturated heterocycles. The van der Waals surface area contributed by atoms with Gasteiger partial charge in [-0.15, -0.1) is 0 Å². The van der Waals surface area contributed by atoms with Crippen LogP contribution in [-0.2, 0) is 26.2 Å². The molecule has 0 aromatic heterocycles. The molecular weight excluding hydrogens is 607 g/mol. The minimum Gasteiger partial charge on any atom is -0.495 e. The lowest BCUT2D eigenvalue weighted by molar-refractivity contribution is -0.385. The fraction of sp³-hybridized carbons (Fsp3) is 0.286. The molecule has 42 heavy (non-hydrogen) atoms. The molecule has 0 bridgehead atoms. The quantitative estimate of drug-likeness (QED) is 0.219. The molecule has 11 nitrogen and oxygen atoms in total. The summed E-state index contributed by atoms with van der Waals surface area (Å²) in [6.45, 7) is 2.30. The fourth-order valence-electron chi connectivity index (χ4n) is 4.34. The van der Waals surface area contributed by atoms with Crippen LogP contribution in [0.15, 0.2) is 65.6 Å². The minimum absolute atomic E-state index is 0.0766. The number of methoxy groups -OCH3 is 1. The smallest absolute Gasteiger partial charge is 0.273 e. The van der Waals surface area contributed by atoms with Crippen molar-refractivity contribution in [3.8, 4) is 5.75 Å². The topological polar surface area (TPSA) is 139 Å². The Kier molecular flexibility index (Phi) is 10.8. The van der Waals surface area contributed by atoms with Crippen LogP contribution >= 0.6 is 23.2 Å². The van der Waals surface area contributed by atoms with Crippen LogP contribution in [0.25, 0.3) is 0 Å². The van der Waals surface area contributed by atoms with Crippen molar-refractivity contribution in [2.45, 2.75) is 37.8 Å². The number of nitrogens with zero attached hydrogens (tertiary/aromatic N) is 3. The Morgan fingerprint density at radius 2 is 1.79 bits per heavy atom. The number of sulfonamides is 1. The first-order chi connectivity index (χ1) is 19.8. The predicted octanol–water partition coefficient (Wildman–Crippen LogP) is 4.97. The Hall–Kier alpha value is -3.87. The lowest BCUT2D eigenvalue weighted by atomic mass is 10.1. The monoisotopic (exact) mass is 636 g/mol. The van der Waals surface area contributed by atoms with Gasteiger partial charge in [-0.05, 0) is 49.2 Å². The van der Waals surface area contributed by atoms with Gasteiger partial charge in [0.15, 0.2) is 0 Å². The maximum Gasteiger partial charge on any atom is 0.273 e. The number of ether oxygens (including phenoxy) is 1. The van der Waals surface area contributed by atoms with E-state index in [4.69, 9.17) is 27.9 Å². The van der Waals surface area contributed by atoms with Crippen molar-refractivity contribution >= 4 is 56.4 Å². The van der Waals surface area contributed by atoms with Crippen molar-refractivity contribution in [3.63, 3.8) is 0 Å². The van der Waals surface area contributed by atoms with Crippen LogP contribution in [0, 0.1) is 17.0 Å². The van der Waals surface area contributed by atoms with Crippen molar-refractivity contribution < 1.29 is 27.7 Å². The van der Waals surface area contributed by atoms with Crippen molar-refractivity contribution in [2.24, 2.45) is 0 Å². The number of nitrogens with one attached hydrogen (secondary N) is 1. The first-order valence-electron chi connectivity index (χ1n) is 12.7. The number of hydrogen-bond acceptors (Lipinski definition) is 7. The molecule has 0 aliphatic heterocycles. The van der Waals surface area contributed by atoms with E-state index in [9.17, 15) is 28.1 Å². The van der Waals surface area contributed by atoms with Crippen LogP contribution in [0.5, 0.6) is 5.75 Å². The van der Waals surface area contributed by atoms with E-state index in [0.29, 0.717) is 10.6 Å². The summed E-state index contributed by atoms with van der Waals surface area (Å²) in [6, 6.07) is 13.5. The number of anilines is 1.